The maximum Gasteiger partial charge on any atom is 0.274 e. The Kier molecular flexibility index (Phi) is 5.09. The second-order valence-electron chi connectivity index (χ2n) is 6.04. The number of aromatic nitrogens is 1. The van der Waals surface area contributed by atoms with Crippen LogP contribution in [0.15, 0.2) is 66.9 Å². The standard InChI is InChI=1S/C21H21N3O/c1-15-7-9-17(10-8-15)13-22-18-11-12-20(23-14-18)21(25)24-19-6-4-3-5-16(19)2/h3-12,14,22H,13H2,1-2H3,(H,24,25). The number of para-hydroxylation sites is 1. The van der Waals surface area contributed by atoms with Crippen molar-refractivity contribution in [3.63, 3.8) is 0 Å². The van der Waals surface area contributed by atoms with Crippen LogP contribution in [0.2, 0.25) is 0 Å². The van der Waals surface area contributed by atoms with E-state index in [1.165, 1.54) is 11.1 Å². The van der Waals surface area contributed by atoms with Gasteiger partial charge in [0.1, 0.15) is 5.69 Å². The van der Waals surface area contributed by atoms with Gasteiger partial charge < -0.3 is 10.6 Å². The fourth-order valence-electron chi connectivity index (χ4n) is 2.44. The Balaban J connectivity index is 1.60. The van der Waals surface area contributed by atoms with Crippen LogP contribution in [0.4, 0.5) is 11.4 Å². The molecule has 0 atom stereocenters. The van der Waals surface area contributed by atoms with E-state index in [-0.39, 0.29) is 5.91 Å². The molecular formula is C21H21N3O. The average molecular weight is 331 g/mol. The summed E-state index contributed by atoms with van der Waals surface area (Å²) in [7, 11) is 0. The minimum atomic E-state index is -0.209. The maximum absolute atomic E-state index is 12.3. The largest absolute Gasteiger partial charge is 0.380 e. The van der Waals surface area contributed by atoms with Gasteiger partial charge in [0.25, 0.3) is 5.91 Å². The van der Waals surface area contributed by atoms with Crippen LogP contribution in [-0.4, -0.2) is 10.9 Å². The third-order valence-corrected chi connectivity index (χ3v) is 4.01. The minimum Gasteiger partial charge on any atom is -0.380 e. The van der Waals surface area contributed by atoms with Crippen molar-refractivity contribution in [1.29, 1.82) is 0 Å². The molecule has 0 aliphatic heterocycles. The number of aryl methyl sites for hydroxylation is 2. The van der Waals surface area contributed by atoms with Crippen molar-refractivity contribution in [2.75, 3.05) is 10.6 Å². The topological polar surface area (TPSA) is 54.0 Å². The van der Waals surface area contributed by atoms with E-state index in [2.05, 4.69) is 46.8 Å². The van der Waals surface area contributed by atoms with Crippen LogP contribution in [-0.2, 0) is 6.54 Å². The Labute approximate surface area is 147 Å². The predicted molar refractivity (Wildman–Crippen MR) is 102 cm³/mol. The zero-order chi connectivity index (χ0) is 17.6. The number of amides is 1. The van der Waals surface area contributed by atoms with Crippen molar-refractivity contribution in [1.82, 2.24) is 4.98 Å². The van der Waals surface area contributed by atoms with Crippen LogP contribution in [0.1, 0.15) is 27.2 Å². The van der Waals surface area contributed by atoms with Gasteiger partial charge in [-0.3, -0.25) is 4.79 Å². The van der Waals surface area contributed by atoms with Gasteiger partial charge in [-0.2, -0.15) is 0 Å². The Hall–Kier alpha value is -3.14. The highest BCUT2D eigenvalue weighted by Gasteiger charge is 2.08. The molecule has 3 aromatic rings. The fourth-order valence-corrected chi connectivity index (χ4v) is 2.44. The second-order valence-corrected chi connectivity index (χ2v) is 6.04. The van der Waals surface area contributed by atoms with Crippen LogP contribution in [0.3, 0.4) is 0 Å². The number of benzene rings is 2. The Morgan fingerprint density at radius 3 is 2.40 bits per heavy atom. The molecule has 0 aliphatic rings. The lowest BCUT2D eigenvalue weighted by Gasteiger charge is -2.09. The molecule has 0 unspecified atom stereocenters. The number of nitrogens with zero attached hydrogens (tertiary/aromatic N) is 1. The first kappa shape index (κ1) is 16.7. The summed E-state index contributed by atoms with van der Waals surface area (Å²) in [5, 5.41) is 6.20. The van der Waals surface area contributed by atoms with Crippen molar-refractivity contribution in [3.05, 3.63) is 89.2 Å². The molecule has 1 amide bonds. The summed E-state index contributed by atoms with van der Waals surface area (Å²) in [6.45, 7) is 4.75. The first-order chi connectivity index (χ1) is 12.1. The lowest BCUT2D eigenvalue weighted by atomic mass is 10.1. The zero-order valence-electron chi connectivity index (χ0n) is 14.4. The van der Waals surface area contributed by atoms with Gasteiger partial charge in [0.15, 0.2) is 0 Å². The summed E-state index contributed by atoms with van der Waals surface area (Å²) in [6.07, 6.45) is 1.68. The van der Waals surface area contributed by atoms with E-state index < -0.39 is 0 Å². The van der Waals surface area contributed by atoms with Gasteiger partial charge >= 0.3 is 0 Å². The van der Waals surface area contributed by atoms with Crippen LogP contribution in [0.25, 0.3) is 0 Å². The van der Waals surface area contributed by atoms with Crippen molar-refractivity contribution in [2.45, 2.75) is 20.4 Å². The number of rotatable bonds is 5. The van der Waals surface area contributed by atoms with Crippen LogP contribution in [0, 0.1) is 13.8 Å². The van der Waals surface area contributed by atoms with E-state index in [1.54, 1.807) is 12.3 Å². The molecule has 3 rings (SSSR count). The summed E-state index contributed by atoms with van der Waals surface area (Å²) in [4.78, 5) is 16.6. The fraction of sp³-hybridized carbons (Fsp3) is 0.143. The first-order valence-corrected chi connectivity index (χ1v) is 8.24. The molecule has 0 fully saturated rings. The zero-order valence-corrected chi connectivity index (χ0v) is 14.4. The molecule has 4 heteroatoms. The summed E-state index contributed by atoms with van der Waals surface area (Å²) >= 11 is 0. The number of hydrogen-bond acceptors (Lipinski definition) is 3. The summed E-state index contributed by atoms with van der Waals surface area (Å²) < 4.78 is 0. The highest BCUT2D eigenvalue weighted by molar-refractivity contribution is 6.03. The summed E-state index contributed by atoms with van der Waals surface area (Å²) in [5.41, 5.74) is 5.54. The van der Waals surface area contributed by atoms with E-state index in [0.717, 1.165) is 23.5 Å². The average Bonchev–Trinajstić information content (AvgIpc) is 2.63. The molecule has 1 aromatic heterocycles. The van der Waals surface area contributed by atoms with E-state index in [0.29, 0.717) is 5.69 Å². The number of nitrogens with one attached hydrogen (secondary N) is 2. The molecule has 25 heavy (non-hydrogen) atoms. The van der Waals surface area contributed by atoms with E-state index in [9.17, 15) is 4.79 Å². The second kappa shape index (κ2) is 7.62. The smallest absolute Gasteiger partial charge is 0.274 e. The van der Waals surface area contributed by atoms with Gasteiger partial charge in [-0.25, -0.2) is 4.98 Å². The molecule has 4 nitrogen and oxygen atoms in total. The number of pyridine rings is 1. The number of carbonyl (C=O) groups excluding carboxylic acids is 1. The van der Waals surface area contributed by atoms with Crippen LogP contribution >= 0.6 is 0 Å². The monoisotopic (exact) mass is 331 g/mol. The minimum absolute atomic E-state index is 0.209. The molecule has 2 aromatic carbocycles. The molecular weight excluding hydrogens is 310 g/mol. The van der Waals surface area contributed by atoms with Crippen molar-refractivity contribution in [3.8, 4) is 0 Å². The van der Waals surface area contributed by atoms with Crippen molar-refractivity contribution < 1.29 is 4.79 Å². The SMILES string of the molecule is Cc1ccc(CNc2ccc(C(=O)Nc3ccccc3C)nc2)cc1. The van der Waals surface area contributed by atoms with Gasteiger partial charge in [-0.15, -0.1) is 0 Å². The normalized spacial score (nSPS) is 10.3. The molecule has 2 N–H and O–H groups in total. The Morgan fingerprint density at radius 1 is 0.960 bits per heavy atom. The molecule has 0 spiro atoms. The van der Waals surface area contributed by atoms with Gasteiger partial charge in [0.2, 0.25) is 0 Å². The van der Waals surface area contributed by atoms with Gasteiger partial charge in [0.05, 0.1) is 11.9 Å². The van der Waals surface area contributed by atoms with E-state index in [1.807, 2.05) is 37.3 Å². The van der Waals surface area contributed by atoms with Gasteiger partial charge in [-0.05, 0) is 43.2 Å². The van der Waals surface area contributed by atoms with Crippen LogP contribution in [0.5, 0.6) is 0 Å². The highest BCUT2D eigenvalue weighted by Crippen LogP contribution is 2.15. The first-order valence-electron chi connectivity index (χ1n) is 8.24. The van der Waals surface area contributed by atoms with Crippen molar-refractivity contribution >= 4 is 17.3 Å². The molecule has 0 aliphatic carbocycles. The Morgan fingerprint density at radius 2 is 1.72 bits per heavy atom. The van der Waals surface area contributed by atoms with Gasteiger partial charge in [-0.1, -0.05) is 48.0 Å². The molecule has 0 bridgehead atoms. The molecule has 0 radical (unpaired) electrons. The molecule has 126 valence electrons. The van der Waals surface area contributed by atoms with E-state index >= 15 is 0 Å². The van der Waals surface area contributed by atoms with Crippen LogP contribution < -0.4 is 10.6 Å². The lowest BCUT2D eigenvalue weighted by molar-refractivity contribution is 0.102. The van der Waals surface area contributed by atoms with Crippen molar-refractivity contribution in [2.24, 2.45) is 0 Å². The Bertz CT molecular complexity index is 855. The predicted octanol–water partition coefficient (Wildman–Crippen LogP) is 4.56. The number of hydrogen-bond donors (Lipinski definition) is 2. The maximum atomic E-state index is 12.3. The summed E-state index contributed by atoms with van der Waals surface area (Å²) in [5.74, 6) is -0.209. The number of carbonyl (C=O) groups is 1. The molecule has 0 saturated carbocycles. The van der Waals surface area contributed by atoms with Gasteiger partial charge in [0, 0.05) is 12.2 Å². The third kappa shape index (κ3) is 4.44. The third-order valence-electron chi connectivity index (χ3n) is 4.01. The lowest BCUT2D eigenvalue weighted by Crippen LogP contribution is -2.14. The van der Waals surface area contributed by atoms with E-state index in [4.69, 9.17) is 0 Å². The molecule has 1 heterocycles. The summed E-state index contributed by atoms with van der Waals surface area (Å²) in [6, 6.07) is 19.7. The quantitative estimate of drug-likeness (QED) is 0.720. The highest BCUT2D eigenvalue weighted by atomic mass is 16.1. The number of anilines is 2. The molecule has 0 saturated heterocycles.